The quantitative estimate of drug-likeness (QED) is 0.745. The van der Waals surface area contributed by atoms with Crippen molar-refractivity contribution >= 4 is 17.5 Å². The van der Waals surface area contributed by atoms with Gasteiger partial charge in [-0.3, -0.25) is 9.59 Å². The van der Waals surface area contributed by atoms with Gasteiger partial charge in [-0.1, -0.05) is 46.0 Å². The largest absolute Gasteiger partial charge is 0.349 e. The van der Waals surface area contributed by atoms with Crippen molar-refractivity contribution in [3.63, 3.8) is 0 Å². The van der Waals surface area contributed by atoms with E-state index in [2.05, 4.69) is 24.5 Å². The van der Waals surface area contributed by atoms with E-state index in [4.69, 9.17) is 0 Å². The first-order chi connectivity index (χ1) is 12.0. The van der Waals surface area contributed by atoms with Crippen molar-refractivity contribution in [3.8, 4) is 0 Å². The van der Waals surface area contributed by atoms with Crippen LogP contribution in [0.4, 0.5) is 5.69 Å². The number of hydrogen-bond acceptors (Lipinski definition) is 2. The highest BCUT2D eigenvalue weighted by Crippen LogP contribution is 2.20. The van der Waals surface area contributed by atoms with Crippen LogP contribution >= 0.6 is 0 Å². The molecule has 1 aromatic rings. The van der Waals surface area contributed by atoms with Crippen molar-refractivity contribution in [1.82, 2.24) is 5.32 Å². The molecule has 1 atom stereocenters. The van der Waals surface area contributed by atoms with Crippen LogP contribution in [0.5, 0.6) is 0 Å². The number of benzene rings is 1. The standard InChI is InChI=1S/C21H32N2O2/c1-4-8-15(2)13-20(24)23-19-12-11-17(14-16(19)3)21(25)22-18-9-6-5-7-10-18/h11-12,14-15,18H,4-10,13H2,1-3H3,(H,22,25)(H,23,24). The van der Waals surface area contributed by atoms with Gasteiger partial charge in [0.25, 0.3) is 5.91 Å². The molecule has 4 nitrogen and oxygen atoms in total. The van der Waals surface area contributed by atoms with Crippen LogP contribution in [-0.4, -0.2) is 17.9 Å². The van der Waals surface area contributed by atoms with Gasteiger partial charge < -0.3 is 10.6 Å². The van der Waals surface area contributed by atoms with Gasteiger partial charge in [-0.25, -0.2) is 0 Å². The fourth-order valence-corrected chi connectivity index (χ4v) is 3.57. The molecule has 1 aliphatic carbocycles. The number of rotatable bonds is 7. The van der Waals surface area contributed by atoms with E-state index in [0.29, 0.717) is 23.9 Å². The molecule has 138 valence electrons. The second kappa shape index (κ2) is 9.59. The fraction of sp³-hybridized carbons (Fsp3) is 0.619. The van der Waals surface area contributed by atoms with E-state index in [1.54, 1.807) is 6.07 Å². The van der Waals surface area contributed by atoms with Gasteiger partial charge in [-0.15, -0.1) is 0 Å². The van der Waals surface area contributed by atoms with Gasteiger partial charge in [0.15, 0.2) is 0 Å². The Morgan fingerprint density at radius 3 is 2.56 bits per heavy atom. The Kier molecular flexibility index (Phi) is 7.48. The lowest BCUT2D eigenvalue weighted by molar-refractivity contribution is -0.117. The Hall–Kier alpha value is -1.84. The van der Waals surface area contributed by atoms with E-state index in [-0.39, 0.29) is 11.8 Å². The highest BCUT2D eigenvalue weighted by Gasteiger charge is 2.17. The molecule has 2 rings (SSSR count). The van der Waals surface area contributed by atoms with Gasteiger partial charge in [0.2, 0.25) is 5.91 Å². The predicted octanol–water partition coefficient (Wildman–Crippen LogP) is 4.82. The first-order valence-corrected chi connectivity index (χ1v) is 9.71. The molecule has 25 heavy (non-hydrogen) atoms. The molecule has 0 aromatic heterocycles. The van der Waals surface area contributed by atoms with E-state index in [9.17, 15) is 9.59 Å². The summed E-state index contributed by atoms with van der Waals surface area (Å²) in [5.74, 6) is 0.429. The summed E-state index contributed by atoms with van der Waals surface area (Å²) in [5.41, 5.74) is 2.39. The smallest absolute Gasteiger partial charge is 0.251 e. The Morgan fingerprint density at radius 1 is 1.20 bits per heavy atom. The van der Waals surface area contributed by atoms with Gasteiger partial charge in [-0.2, -0.15) is 0 Å². The van der Waals surface area contributed by atoms with Crippen LogP contribution < -0.4 is 10.6 Å². The van der Waals surface area contributed by atoms with Crippen LogP contribution in [0.2, 0.25) is 0 Å². The predicted molar refractivity (Wildman–Crippen MR) is 103 cm³/mol. The number of hydrogen-bond donors (Lipinski definition) is 2. The first-order valence-electron chi connectivity index (χ1n) is 9.71. The second-order valence-corrected chi connectivity index (χ2v) is 7.48. The van der Waals surface area contributed by atoms with Gasteiger partial charge in [-0.05, 0) is 49.4 Å². The van der Waals surface area contributed by atoms with E-state index in [0.717, 1.165) is 36.9 Å². The molecule has 0 saturated heterocycles. The molecule has 0 aliphatic heterocycles. The van der Waals surface area contributed by atoms with E-state index < -0.39 is 0 Å². The summed E-state index contributed by atoms with van der Waals surface area (Å²) in [6, 6.07) is 5.81. The summed E-state index contributed by atoms with van der Waals surface area (Å²) in [4.78, 5) is 24.6. The average molecular weight is 344 g/mol. The van der Waals surface area contributed by atoms with Gasteiger partial charge in [0, 0.05) is 23.7 Å². The normalized spacial score (nSPS) is 16.3. The molecule has 0 bridgehead atoms. The summed E-state index contributed by atoms with van der Waals surface area (Å²) in [6.07, 6.45) is 8.53. The van der Waals surface area contributed by atoms with Crippen LogP contribution in [-0.2, 0) is 4.79 Å². The first kappa shape index (κ1) is 19.5. The Labute approximate surface area is 151 Å². The van der Waals surface area contributed by atoms with Gasteiger partial charge in [0.1, 0.15) is 0 Å². The minimum atomic E-state index is -0.00977. The number of aryl methyl sites for hydroxylation is 1. The zero-order valence-electron chi connectivity index (χ0n) is 15.9. The van der Waals surface area contributed by atoms with Gasteiger partial charge >= 0.3 is 0 Å². The van der Waals surface area contributed by atoms with Crippen molar-refractivity contribution in [2.75, 3.05) is 5.32 Å². The lowest BCUT2D eigenvalue weighted by atomic mass is 9.95. The van der Waals surface area contributed by atoms with Crippen LogP contribution in [0, 0.1) is 12.8 Å². The van der Waals surface area contributed by atoms with E-state index in [1.165, 1.54) is 19.3 Å². The van der Waals surface area contributed by atoms with Crippen molar-refractivity contribution in [2.24, 2.45) is 5.92 Å². The topological polar surface area (TPSA) is 58.2 Å². The Bertz CT molecular complexity index is 592. The molecule has 1 aliphatic rings. The van der Waals surface area contributed by atoms with Crippen LogP contribution in [0.3, 0.4) is 0 Å². The maximum Gasteiger partial charge on any atom is 0.251 e. The molecular weight excluding hydrogens is 312 g/mol. The number of carbonyl (C=O) groups excluding carboxylic acids is 2. The summed E-state index contributed by atoms with van der Waals surface area (Å²) >= 11 is 0. The van der Waals surface area contributed by atoms with Gasteiger partial charge in [0.05, 0.1) is 0 Å². The summed E-state index contributed by atoms with van der Waals surface area (Å²) < 4.78 is 0. The van der Waals surface area contributed by atoms with Crippen molar-refractivity contribution in [2.45, 2.75) is 78.2 Å². The number of carbonyl (C=O) groups is 2. The highest BCUT2D eigenvalue weighted by atomic mass is 16.2. The molecule has 1 saturated carbocycles. The molecule has 2 N–H and O–H groups in total. The number of nitrogens with one attached hydrogen (secondary N) is 2. The van der Waals surface area contributed by atoms with Crippen molar-refractivity contribution < 1.29 is 9.59 Å². The highest BCUT2D eigenvalue weighted by molar-refractivity contribution is 5.96. The minimum Gasteiger partial charge on any atom is -0.349 e. The number of anilines is 1. The Morgan fingerprint density at radius 2 is 1.92 bits per heavy atom. The summed E-state index contributed by atoms with van der Waals surface area (Å²) in [6.45, 7) is 6.17. The molecule has 1 fully saturated rings. The molecular formula is C21H32N2O2. The average Bonchev–Trinajstić information content (AvgIpc) is 2.57. The van der Waals surface area contributed by atoms with Crippen LogP contribution in [0.15, 0.2) is 18.2 Å². The fourth-order valence-electron chi connectivity index (χ4n) is 3.57. The summed E-state index contributed by atoms with van der Waals surface area (Å²) in [7, 11) is 0. The zero-order valence-corrected chi connectivity index (χ0v) is 15.9. The SMILES string of the molecule is CCCC(C)CC(=O)Nc1ccc(C(=O)NC2CCCCC2)cc1C. The minimum absolute atomic E-state index is 0.00977. The second-order valence-electron chi connectivity index (χ2n) is 7.48. The monoisotopic (exact) mass is 344 g/mol. The third kappa shape index (κ3) is 6.18. The van der Waals surface area contributed by atoms with Crippen LogP contribution in [0.1, 0.15) is 81.1 Å². The molecule has 0 heterocycles. The van der Waals surface area contributed by atoms with E-state index >= 15 is 0 Å². The zero-order chi connectivity index (χ0) is 18.2. The Balaban J connectivity index is 1.92. The molecule has 1 unspecified atom stereocenters. The molecule has 0 spiro atoms. The third-order valence-corrected chi connectivity index (χ3v) is 5.02. The lowest BCUT2D eigenvalue weighted by Gasteiger charge is -2.23. The third-order valence-electron chi connectivity index (χ3n) is 5.02. The lowest BCUT2D eigenvalue weighted by Crippen LogP contribution is -2.36. The molecule has 2 amide bonds. The summed E-state index contributed by atoms with van der Waals surface area (Å²) in [5, 5.41) is 6.11. The molecule has 1 aromatic carbocycles. The van der Waals surface area contributed by atoms with Crippen molar-refractivity contribution in [3.05, 3.63) is 29.3 Å². The molecule has 0 radical (unpaired) electrons. The van der Waals surface area contributed by atoms with E-state index in [1.807, 2.05) is 19.1 Å². The maximum absolute atomic E-state index is 12.4. The molecule has 4 heteroatoms. The van der Waals surface area contributed by atoms with Crippen LogP contribution in [0.25, 0.3) is 0 Å². The number of amides is 2. The van der Waals surface area contributed by atoms with Crippen molar-refractivity contribution in [1.29, 1.82) is 0 Å². The maximum atomic E-state index is 12.4.